The van der Waals surface area contributed by atoms with Gasteiger partial charge in [0, 0.05) is 33.2 Å². The van der Waals surface area contributed by atoms with Crippen molar-refractivity contribution in [1.82, 2.24) is 4.90 Å². The third-order valence-corrected chi connectivity index (χ3v) is 2.40. The van der Waals surface area contributed by atoms with Gasteiger partial charge >= 0.3 is 0 Å². The predicted molar refractivity (Wildman–Crippen MR) is 50.2 cm³/mol. The quantitative estimate of drug-likeness (QED) is 0.606. The first-order valence-electron chi connectivity index (χ1n) is 4.74. The molecule has 0 spiro atoms. The highest BCUT2D eigenvalue weighted by atomic mass is 16.5. The van der Waals surface area contributed by atoms with Gasteiger partial charge in [-0.15, -0.1) is 0 Å². The fourth-order valence-corrected chi connectivity index (χ4v) is 1.63. The summed E-state index contributed by atoms with van der Waals surface area (Å²) in [6, 6.07) is 0. The molecule has 1 atom stereocenters. The fourth-order valence-electron chi connectivity index (χ4n) is 1.63. The number of rotatable bonds is 5. The first kappa shape index (κ1) is 10.5. The van der Waals surface area contributed by atoms with Crippen LogP contribution < -0.4 is 5.73 Å². The van der Waals surface area contributed by atoms with Crippen LogP contribution in [0.25, 0.3) is 0 Å². The van der Waals surface area contributed by atoms with Crippen molar-refractivity contribution in [2.45, 2.75) is 12.8 Å². The van der Waals surface area contributed by atoms with Crippen LogP contribution in [0.5, 0.6) is 0 Å². The number of nitrogens with zero attached hydrogens (tertiary/aromatic N) is 1. The standard InChI is InChI=1S/C9H18N2O2/c1-13-4-2-3-11-7-8(6-10)5-9(11)12/h8H,2-7,10H2,1H3. The van der Waals surface area contributed by atoms with Crippen LogP contribution in [0, 0.1) is 5.92 Å². The van der Waals surface area contributed by atoms with Crippen molar-refractivity contribution in [3.8, 4) is 0 Å². The van der Waals surface area contributed by atoms with Gasteiger partial charge in [0.25, 0.3) is 0 Å². The molecule has 1 aliphatic heterocycles. The molecule has 4 heteroatoms. The minimum absolute atomic E-state index is 0.242. The molecule has 0 aliphatic carbocycles. The van der Waals surface area contributed by atoms with Gasteiger partial charge in [0.2, 0.25) is 5.91 Å². The number of nitrogens with two attached hydrogens (primary N) is 1. The van der Waals surface area contributed by atoms with Crippen LogP contribution in [0.3, 0.4) is 0 Å². The molecule has 0 aromatic heterocycles. The van der Waals surface area contributed by atoms with Crippen molar-refractivity contribution < 1.29 is 9.53 Å². The van der Waals surface area contributed by atoms with Gasteiger partial charge in [-0.1, -0.05) is 0 Å². The normalized spacial score (nSPS) is 22.8. The van der Waals surface area contributed by atoms with Crippen LogP contribution >= 0.6 is 0 Å². The topological polar surface area (TPSA) is 55.6 Å². The van der Waals surface area contributed by atoms with Crippen molar-refractivity contribution in [1.29, 1.82) is 0 Å². The number of likely N-dealkylation sites (tertiary alicyclic amines) is 1. The monoisotopic (exact) mass is 186 g/mol. The molecule has 0 bridgehead atoms. The van der Waals surface area contributed by atoms with Crippen LogP contribution in [-0.2, 0) is 9.53 Å². The van der Waals surface area contributed by atoms with Crippen LogP contribution in [0.15, 0.2) is 0 Å². The Balaban J connectivity index is 2.23. The zero-order valence-corrected chi connectivity index (χ0v) is 8.16. The molecule has 1 saturated heterocycles. The molecule has 0 aromatic carbocycles. The van der Waals surface area contributed by atoms with Crippen LogP contribution in [-0.4, -0.2) is 44.2 Å². The molecule has 1 heterocycles. The third-order valence-electron chi connectivity index (χ3n) is 2.40. The Hall–Kier alpha value is -0.610. The zero-order valence-electron chi connectivity index (χ0n) is 8.16. The predicted octanol–water partition coefficient (Wildman–Crippen LogP) is -0.170. The lowest BCUT2D eigenvalue weighted by molar-refractivity contribution is -0.127. The zero-order chi connectivity index (χ0) is 9.68. The minimum Gasteiger partial charge on any atom is -0.385 e. The van der Waals surface area contributed by atoms with Gasteiger partial charge in [-0.25, -0.2) is 0 Å². The Morgan fingerprint density at radius 3 is 3.00 bits per heavy atom. The first-order chi connectivity index (χ1) is 6.27. The highest BCUT2D eigenvalue weighted by molar-refractivity contribution is 5.78. The molecule has 76 valence electrons. The third kappa shape index (κ3) is 2.97. The number of carbonyl (C=O) groups is 1. The van der Waals surface area contributed by atoms with E-state index in [1.54, 1.807) is 7.11 Å². The Kier molecular flexibility index (Phi) is 4.18. The lowest BCUT2D eigenvalue weighted by Gasteiger charge is -2.15. The summed E-state index contributed by atoms with van der Waals surface area (Å²) in [5, 5.41) is 0. The Morgan fingerprint density at radius 1 is 1.69 bits per heavy atom. The Bertz CT molecular complexity index is 173. The number of carbonyl (C=O) groups excluding carboxylic acids is 1. The van der Waals surface area contributed by atoms with E-state index in [0.717, 1.165) is 26.1 Å². The van der Waals surface area contributed by atoms with Crippen molar-refractivity contribution in [2.24, 2.45) is 11.7 Å². The molecule has 0 radical (unpaired) electrons. The molecule has 1 fully saturated rings. The summed E-state index contributed by atoms with van der Waals surface area (Å²) in [5.41, 5.74) is 5.51. The van der Waals surface area contributed by atoms with Gasteiger partial charge in [0.05, 0.1) is 0 Å². The maximum atomic E-state index is 11.4. The minimum atomic E-state index is 0.242. The molecule has 4 nitrogen and oxygen atoms in total. The Morgan fingerprint density at radius 2 is 2.46 bits per heavy atom. The second-order valence-corrected chi connectivity index (χ2v) is 3.49. The van der Waals surface area contributed by atoms with Gasteiger partial charge in [-0.2, -0.15) is 0 Å². The van der Waals surface area contributed by atoms with Gasteiger partial charge in [-0.3, -0.25) is 4.79 Å². The van der Waals surface area contributed by atoms with E-state index in [9.17, 15) is 4.79 Å². The molecule has 2 N–H and O–H groups in total. The SMILES string of the molecule is COCCCN1CC(CN)CC1=O. The summed E-state index contributed by atoms with van der Waals surface area (Å²) in [6.07, 6.45) is 1.54. The second-order valence-electron chi connectivity index (χ2n) is 3.49. The Labute approximate surface area is 79.0 Å². The highest BCUT2D eigenvalue weighted by Crippen LogP contribution is 2.16. The van der Waals surface area contributed by atoms with E-state index in [-0.39, 0.29) is 5.91 Å². The molecular weight excluding hydrogens is 168 g/mol. The van der Waals surface area contributed by atoms with Gasteiger partial charge in [-0.05, 0) is 18.9 Å². The molecule has 0 saturated carbocycles. The first-order valence-corrected chi connectivity index (χ1v) is 4.74. The molecule has 1 rings (SSSR count). The smallest absolute Gasteiger partial charge is 0.222 e. The summed E-state index contributed by atoms with van der Waals surface area (Å²) >= 11 is 0. The van der Waals surface area contributed by atoms with Crippen LogP contribution in [0.1, 0.15) is 12.8 Å². The lowest BCUT2D eigenvalue weighted by atomic mass is 10.1. The largest absolute Gasteiger partial charge is 0.385 e. The average molecular weight is 186 g/mol. The summed E-state index contributed by atoms with van der Waals surface area (Å²) in [5.74, 6) is 0.613. The van der Waals surface area contributed by atoms with E-state index in [0.29, 0.717) is 18.9 Å². The lowest BCUT2D eigenvalue weighted by Crippen LogP contribution is -2.27. The molecular formula is C9H18N2O2. The average Bonchev–Trinajstić information content (AvgIpc) is 2.48. The van der Waals surface area contributed by atoms with Crippen LogP contribution in [0.4, 0.5) is 0 Å². The summed E-state index contributed by atoms with van der Waals surface area (Å²) in [4.78, 5) is 13.3. The molecule has 13 heavy (non-hydrogen) atoms. The van der Waals surface area contributed by atoms with E-state index in [2.05, 4.69) is 0 Å². The van der Waals surface area contributed by atoms with Gasteiger partial charge < -0.3 is 15.4 Å². The van der Waals surface area contributed by atoms with Crippen molar-refractivity contribution >= 4 is 5.91 Å². The van der Waals surface area contributed by atoms with Crippen molar-refractivity contribution in [3.63, 3.8) is 0 Å². The van der Waals surface area contributed by atoms with E-state index < -0.39 is 0 Å². The molecule has 1 aliphatic rings. The number of hydrogen-bond donors (Lipinski definition) is 1. The van der Waals surface area contributed by atoms with Crippen LogP contribution in [0.2, 0.25) is 0 Å². The molecule has 1 unspecified atom stereocenters. The fraction of sp³-hybridized carbons (Fsp3) is 0.889. The van der Waals surface area contributed by atoms with Crippen molar-refractivity contribution in [2.75, 3.05) is 33.4 Å². The summed E-state index contributed by atoms with van der Waals surface area (Å²) in [7, 11) is 1.68. The van der Waals surface area contributed by atoms with E-state index in [1.807, 2.05) is 4.90 Å². The highest BCUT2D eigenvalue weighted by Gasteiger charge is 2.27. The summed E-state index contributed by atoms with van der Waals surface area (Å²) < 4.78 is 4.93. The van der Waals surface area contributed by atoms with E-state index in [4.69, 9.17) is 10.5 Å². The summed E-state index contributed by atoms with van der Waals surface area (Å²) in [6.45, 7) is 2.98. The van der Waals surface area contributed by atoms with Gasteiger partial charge in [0.15, 0.2) is 0 Å². The maximum absolute atomic E-state index is 11.4. The number of ether oxygens (including phenoxy) is 1. The number of methoxy groups -OCH3 is 1. The maximum Gasteiger partial charge on any atom is 0.222 e. The number of hydrogen-bond acceptors (Lipinski definition) is 3. The second kappa shape index (κ2) is 5.19. The van der Waals surface area contributed by atoms with Gasteiger partial charge in [0.1, 0.15) is 0 Å². The molecule has 1 amide bonds. The number of amides is 1. The molecule has 0 aromatic rings. The van der Waals surface area contributed by atoms with E-state index >= 15 is 0 Å². The van der Waals surface area contributed by atoms with Crippen molar-refractivity contribution in [3.05, 3.63) is 0 Å². The van der Waals surface area contributed by atoms with E-state index in [1.165, 1.54) is 0 Å².